The summed E-state index contributed by atoms with van der Waals surface area (Å²) in [7, 11) is 1.37. The van der Waals surface area contributed by atoms with Crippen molar-refractivity contribution >= 4 is 11.8 Å². The van der Waals surface area contributed by atoms with E-state index in [0.717, 1.165) is 0 Å². The molecule has 2 N–H and O–H groups in total. The fourth-order valence-corrected chi connectivity index (χ4v) is 2.63. The van der Waals surface area contributed by atoms with Crippen LogP contribution in [-0.4, -0.2) is 23.5 Å². The molecule has 2 amide bonds. The van der Waals surface area contributed by atoms with Gasteiger partial charge in [-0.05, 0) is 42.0 Å². The minimum absolute atomic E-state index is 0.0829. The maximum absolute atomic E-state index is 13.7. The molecular weight excluding hydrogens is 349 g/mol. The van der Waals surface area contributed by atoms with Gasteiger partial charge in [-0.3, -0.25) is 20.4 Å². The molecule has 138 valence electrons. The molecule has 6 nitrogen and oxygen atoms in total. The number of ether oxygens (including phenoxy) is 1. The number of carbonyl (C=O) groups is 2. The van der Waals surface area contributed by atoms with E-state index in [9.17, 15) is 14.0 Å². The first kappa shape index (κ1) is 18.2. The number of nitrogens with one attached hydrogen (secondary N) is 2. The number of amides is 2. The predicted molar refractivity (Wildman–Crippen MR) is 98.0 cm³/mol. The normalized spacial score (nSPS) is 10.3. The largest absolute Gasteiger partial charge is 0.494 e. The zero-order valence-corrected chi connectivity index (χ0v) is 14.6. The summed E-state index contributed by atoms with van der Waals surface area (Å²) in [6, 6.07) is 15.0. The Hall–Kier alpha value is -3.61. The molecule has 3 aromatic rings. The van der Waals surface area contributed by atoms with Crippen molar-refractivity contribution in [1.82, 2.24) is 15.4 Å². The third-order valence-electron chi connectivity index (χ3n) is 3.93. The highest BCUT2D eigenvalue weighted by Crippen LogP contribution is 2.18. The van der Waals surface area contributed by atoms with Gasteiger partial charge >= 0.3 is 0 Å². The Morgan fingerprint density at radius 3 is 2.48 bits per heavy atom. The van der Waals surface area contributed by atoms with Crippen LogP contribution in [0.4, 0.5) is 4.39 Å². The van der Waals surface area contributed by atoms with Crippen molar-refractivity contribution < 1.29 is 18.7 Å². The number of benzene rings is 2. The second kappa shape index (κ2) is 8.18. The molecule has 0 saturated carbocycles. The predicted octanol–water partition coefficient (Wildman–Crippen LogP) is 2.63. The molecule has 0 fully saturated rings. The monoisotopic (exact) mass is 367 g/mol. The van der Waals surface area contributed by atoms with Crippen LogP contribution in [0.3, 0.4) is 0 Å². The van der Waals surface area contributed by atoms with Crippen LogP contribution >= 0.6 is 0 Å². The maximum Gasteiger partial charge on any atom is 0.271 e. The number of hydrazine groups is 1. The van der Waals surface area contributed by atoms with Gasteiger partial charge in [0.2, 0.25) is 5.91 Å². The summed E-state index contributed by atoms with van der Waals surface area (Å²) in [6.45, 7) is 0. The Morgan fingerprint density at radius 2 is 1.78 bits per heavy atom. The van der Waals surface area contributed by atoms with Gasteiger partial charge in [-0.2, -0.15) is 0 Å². The lowest BCUT2D eigenvalue weighted by atomic mass is 10.1. The van der Waals surface area contributed by atoms with E-state index in [1.165, 1.54) is 19.2 Å². The van der Waals surface area contributed by atoms with Crippen LogP contribution < -0.4 is 15.6 Å². The molecule has 0 saturated heterocycles. The van der Waals surface area contributed by atoms with E-state index in [2.05, 4.69) is 10.9 Å². The number of aromatic nitrogens is 1. The molecule has 0 unspecified atom stereocenters. The molecule has 0 aliphatic rings. The first-order chi connectivity index (χ1) is 13.1. The van der Waals surface area contributed by atoms with E-state index in [4.69, 9.17) is 4.74 Å². The summed E-state index contributed by atoms with van der Waals surface area (Å²) in [5, 5.41) is 0. The van der Waals surface area contributed by atoms with Crippen LogP contribution in [0.5, 0.6) is 5.75 Å². The molecular formula is C20H18FN3O3. The molecule has 0 aliphatic heterocycles. The van der Waals surface area contributed by atoms with Crippen molar-refractivity contribution in [2.45, 2.75) is 6.42 Å². The Bertz CT molecular complexity index is 955. The summed E-state index contributed by atoms with van der Waals surface area (Å²) in [6.07, 6.45) is 3.56. The Kier molecular flexibility index (Phi) is 5.51. The van der Waals surface area contributed by atoms with Crippen LogP contribution in [-0.2, 0) is 11.2 Å². The van der Waals surface area contributed by atoms with Gasteiger partial charge in [-0.15, -0.1) is 0 Å². The summed E-state index contributed by atoms with van der Waals surface area (Å²) in [4.78, 5) is 24.5. The van der Waals surface area contributed by atoms with Gasteiger partial charge < -0.3 is 9.30 Å². The maximum atomic E-state index is 13.7. The lowest BCUT2D eigenvalue weighted by molar-refractivity contribution is -0.121. The van der Waals surface area contributed by atoms with Crippen LogP contribution in [0.1, 0.15) is 15.9 Å². The number of methoxy groups -OCH3 is 1. The number of rotatable bonds is 5. The highest BCUT2D eigenvalue weighted by Gasteiger charge is 2.13. The zero-order chi connectivity index (χ0) is 19.2. The highest BCUT2D eigenvalue weighted by atomic mass is 19.1. The van der Waals surface area contributed by atoms with E-state index >= 15 is 0 Å². The van der Waals surface area contributed by atoms with Crippen LogP contribution in [0, 0.1) is 5.82 Å². The van der Waals surface area contributed by atoms with Crippen molar-refractivity contribution in [3.05, 3.63) is 83.9 Å². The van der Waals surface area contributed by atoms with E-state index in [-0.39, 0.29) is 12.2 Å². The van der Waals surface area contributed by atoms with Crippen LogP contribution in [0.25, 0.3) is 5.69 Å². The second-order valence-electron chi connectivity index (χ2n) is 5.76. The minimum atomic E-state index is -0.549. The van der Waals surface area contributed by atoms with Gasteiger partial charge in [0.15, 0.2) is 11.6 Å². The fraction of sp³-hybridized carbons (Fsp3) is 0.100. The first-order valence-corrected chi connectivity index (χ1v) is 8.22. The van der Waals surface area contributed by atoms with Crippen molar-refractivity contribution in [3.63, 3.8) is 0 Å². The molecule has 0 atom stereocenters. The molecule has 3 rings (SSSR count). The molecule has 0 radical (unpaired) electrons. The average Bonchev–Trinajstić information content (AvgIpc) is 3.21. The van der Waals surface area contributed by atoms with Gasteiger partial charge in [0.1, 0.15) is 0 Å². The topological polar surface area (TPSA) is 72.4 Å². The van der Waals surface area contributed by atoms with E-state index in [1.54, 1.807) is 28.8 Å². The summed E-state index contributed by atoms with van der Waals surface area (Å²) < 4.78 is 20.3. The number of halogens is 1. The molecule has 0 aliphatic carbocycles. The molecule has 27 heavy (non-hydrogen) atoms. The average molecular weight is 367 g/mol. The van der Waals surface area contributed by atoms with Gasteiger partial charge in [-0.25, -0.2) is 4.39 Å². The van der Waals surface area contributed by atoms with Gasteiger partial charge in [0, 0.05) is 12.4 Å². The van der Waals surface area contributed by atoms with Gasteiger partial charge in [-0.1, -0.05) is 18.2 Å². The van der Waals surface area contributed by atoms with Crippen LogP contribution in [0.15, 0.2) is 67.0 Å². The molecule has 1 aromatic heterocycles. The number of para-hydroxylation sites is 1. The Balaban J connectivity index is 1.63. The smallest absolute Gasteiger partial charge is 0.271 e. The van der Waals surface area contributed by atoms with Crippen LogP contribution in [0.2, 0.25) is 0 Å². The SMILES string of the molecule is COc1ccc(CC(=O)NNC(=O)c2ccccc2-n2cccc2)cc1F. The molecule has 1 heterocycles. The molecule has 0 spiro atoms. The van der Waals surface area contributed by atoms with Crippen molar-refractivity contribution in [3.8, 4) is 11.4 Å². The number of nitrogens with zero attached hydrogens (tertiary/aromatic N) is 1. The summed E-state index contributed by atoms with van der Waals surface area (Å²) in [5.41, 5.74) is 6.30. The van der Waals surface area contributed by atoms with Gasteiger partial charge in [0.25, 0.3) is 5.91 Å². The summed E-state index contributed by atoms with van der Waals surface area (Å²) >= 11 is 0. The van der Waals surface area contributed by atoms with E-state index in [0.29, 0.717) is 16.8 Å². The lowest BCUT2D eigenvalue weighted by Crippen LogP contribution is -2.42. The van der Waals surface area contributed by atoms with E-state index in [1.807, 2.05) is 30.6 Å². The summed E-state index contributed by atoms with van der Waals surface area (Å²) in [5.74, 6) is -1.36. The van der Waals surface area contributed by atoms with Crippen molar-refractivity contribution in [2.75, 3.05) is 7.11 Å². The van der Waals surface area contributed by atoms with E-state index < -0.39 is 17.6 Å². The highest BCUT2D eigenvalue weighted by molar-refractivity contribution is 5.98. The molecule has 2 aromatic carbocycles. The van der Waals surface area contributed by atoms with Crippen molar-refractivity contribution in [1.29, 1.82) is 0 Å². The Morgan fingerprint density at radius 1 is 1.04 bits per heavy atom. The lowest BCUT2D eigenvalue weighted by Gasteiger charge is -2.12. The quantitative estimate of drug-likeness (QED) is 0.681. The minimum Gasteiger partial charge on any atom is -0.494 e. The Labute approximate surface area is 155 Å². The molecule has 0 bridgehead atoms. The standard InChI is InChI=1S/C20H18FN3O3/c1-27-18-9-8-14(12-16(18)21)13-19(25)22-23-20(26)15-6-2-3-7-17(15)24-10-4-5-11-24/h2-12H,13H2,1H3,(H,22,25)(H,23,26). The fourth-order valence-electron chi connectivity index (χ4n) is 2.63. The zero-order valence-electron chi connectivity index (χ0n) is 14.6. The first-order valence-electron chi connectivity index (χ1n) is 8.22. The number of carbonyl (C=O) groups excluding carboxylic acids is 2. The third-order valence-corrected chi connectivity index (χ3v) is 3.93. The second-order valence-corrected chi connectivity index (χ2v) is 5.76. The van der Waals surface area contributed by atoms with Crippen molar-refractivity contribution in [2.24, 2.45) is 0 Å². The molecule has 7 heteroatoms. The van der Waals surface area contributed by atoms with Gasteiger partial charge in [0.05, 0.1) is 24.8 Å². The number of hydrogen-bond acceptors (Lipinski definition) is 3. The third kappa shape index (κ3) is 4.33. The number of hydrogen-bond donors (Lipinski definition) is 2.